The highest BCUT2D eigenvalue weighted by Gasteiger charge is 2.45. The molecular weight excluding hydrogens is 216 g/mol. The van der Waals surface area contributed by atoms with E-state index < -0.39 is 0 Å². The average molecular weight is 232 g/mol. The zero-order valence-corrected chi connectivity index (χ0v) is 9.71. The third-order valence-electron chi connectivity index (χ3n) is 3.56. The number of rotatable bonds is 3. The minimum absolute atomic E-state index is 0.126. The largest absolute Gasteiger partial charge is 0.323 e. The zero-order chi connectivity index (χ0) is 12.0. The van der Waals surface area contributed by atoms with Crippen LogP contribution in [0.15, 0.2) is 23.0 Å². The molecule has 1 aromatic carbocycles. The van der Waals surface area contributed by atoms with Crippen LogP contribution >= 0.6 is 0 Å². The van der Waals surface area contributed by atoms with Gasteiger partial charge in [0.25, 0.3) is 0 Å². The molecule has 2 aromatic rings. The summed E-state index contributed by atoms with van der Waals surface area (Å²) in [5.74, 6) is 0. The van der Waals surface area contributed by atoms with E-state index in [1.165, 1.54) is 0 Å². The van der Waals surface area contributed by atoms with Crippen molar-refractivity contribution in [1.82, 2.24) is 15.3 Å². The second-order valence-corrected chi connectivity index (χ2v) is 4.84. The predicted octanol–water partition coefficient (Wildman–Crippen LogP) is 0.608. The molecule has 0 amide bonds. The fraction of sp³-hybridized carbons (Fsp3) is 0.417. The quantitative estimate of drug-likeness (QED) is 0.625. The summed E-state index contributed by atoms with van der Waals surface area (Å²) in [7, 11) is 1.92. The van der Waals surface area contributed by atoms with Crippen molar-refractivity contribution in [2.24, 2.45) is 5.73 Å². The molecule has 5 heteroatoms. The normalized spacial score (nSPS) is 19.4. The minimum Gasteiger partial charge on any atom is -0.323 e. The van der Waals surface area contributed by atoms with Gasteiger partial charge in [0.05, 0.1) is 17.1 Å². The summed E-state index contributed by atoms with van der Waals surface area (Å²) in [5.41, 5.74) is 8.72. The number of aromatic amines is 2. The summed E-state index contributed by atoms with van der Waals surface area (Å²) in [6.07, 6.45) is 2.08. The van der Waals surface area contributed by atoms with Crippen molar-refractivity contribution in [2.45, 2.75) is 24.4 Å². The van der Waals surface area contributed by atoms with Crippen LogP contribution in [0.4, 0.5) is 0 Å². The molecule has 1 aliphatic rings. The van der Waals surface area contributed by atoms with Gasteiger partial charge >= 0.3 is 5.69 Å². The lowest BCUT2D eigenvalue weighted by atomic mass is 9.97. The van der Waals surface area contributed by atoms with E-state index in [0.29, 0.717) is 0 Å². The third kappa shape index (κ3) is 1.67. The maximum absolute atomic E-state index is 11.2. The van der Waals surface area contributed by atoms with Gasteiger partial charge in [-0.25, -0.2) is 4.79 Å². The molecule has 1 unspecified atom stereocenters. The van der Waals surface area contributed by atoms with Gasteiger partial charge in [-0.05, 0) is 37.6 Å². The van der Waals surface area contributed by atoms with Crippen molar-refractivity contribution in [2.75, 3.05) is 7.05 Å². The van der Waals surface area contributed by atoms with Gasteiger partial charge in [0.2, 0.25) is 0 Å². The van der Waals surface area contributed by atoms with Crippen LogP contribution < -0.4 is 16.7 Å². The lowest BCUT2D eigenvalue weighted by molar-refractivity contribution is 0.462. The highest BCUT2D eigenvalue weighted by atomic mass is 16.1. The SMILES string of the molecule is CNC(c1ccc2[nH]c(=O)[nH]c2c1)C1(N)CC1. The smallest absolute Gasteiger partial charge is 0.323 e. The van der Waals surface area contributed by atoms with Gasteiger partial charge in [0.1, 0.15) is 0 Å². The van der Waals surface area contributed by atoms with E-state index in [1.54, 1.807) is 0 Å². The van der Waals surface area contributed by atoms with Gasteiger partial charge in [-0.15, -0.1) is 0 Å². The van der Waals surface area contributed by atoms with E-state index in [2.05, 4.69) is 15.3 Å². The van der Waals surface area contributed by atoms with Crippen LogP contribution in [0.3, 0.4) is 0 Å². The molecule has 1 aromatic heterocycles. The van der Waals surface area contributed by atoms with Crippen molar-refractivity contribution >= 4 is 11.0 Å². The van der Waals surface area contributed by atoms with Gasteiger partial charge in [-0.3, -0.25) is 0 Å². The number of likely N-dealkylation sites (N-methyl/N-ethyl adjacent to an activating group) is 1. The maximum atomic E-state index is 11.2. The third-order valence-corrected chi connectivity index (χ3v) is 3.56. The molecule has 0 spiro atoms. The Morgan fingerprint density at radius 2 is 2.06 bits per heavy atom. The standard InChI is InChI=1S/C12H16N4O/c1-14-10(12(13)4-5-12)7-2-3-8-9(6-7)16-11(17)15-8/h2-3,6,10,14H,4-5,13H2,1H3,(H2,15,16,17). The lowest BCUT2D eigenvalue weighted by Crippen LogP contribution is -2.38. The fourth-order valence-corrected chi connectivity index (χ4v) is 2.45. The number of hydrogen-bond donors (Lipinski definition) is 4. The van der Waals surface area contributed by atoms with Gasteiger partial charge in [-0.2, -0.15) is 0 Å². The van der Waals surface area contributed by atoms with Crippen molar-refractivity contribution in [3.8, 4) is 0 Å². The molecule has 5 nitrogen and oxygen atoms in total. The van der Waals surface area contributed by atoms with Crippen molar-refractivity contribution in [3.63, 3.8) is 0 Å². The van der Waals surface area contributed by atoms with Crippen LogP contribution in [0, 0.1) is 0 Å². The number of benzene rings is 1. The number of nitrogens with one attached hydrogen (secondary N) is 3. The van der Waals surface area contributed by atoms with Crippen LogP contribution in [-0.4, -0.2) is 22.6 Å². The fourth-order valence-electron chi connectivity index (χ4n) is 2.45. The number of fused-ring (bicyclic) bond motifs is 1. The summed E-state index contributed by atoms with van der Waals surface area (Å²) in [4.78, 5) is 16.7. The Morgan fingerprint density at radius 1 is 1.35 bits per heavy atom. The first-order chi connectivity index (χ1) is 8.12. The molecule has 17 heavy (non-hydrogen) atoms. The lowest BCUT2D eigenvalue weighted by Gasteiger charge is -2.23. The number of aromatic nitrogens is 2. The van der Waals surface area contributed by atoms with Crippen LogP contribution in [0.2, 0.25) is 0 Å². The van der Waals surface area contributed by atoms with E-state index in [9.17, 15) is 4.79 Å². The maximum Gasteiger partial charge on any atom is 0.323 e. The van der Waals surface area contributed by atoms with Crippen molar-refractivity contribution in [3.05, 3.63) is 34.2 Å². The topological polar surface area (TPSA) is 86.7 Å². The molecule has 0 saturated heterocycles. The molecule has 0 aliphatic heterocycles. The number of hydrogen-bond acceptors (Lipinski definition) is 3. The highest BCUT2D eigenvalue weighted by molar-refractivity contribution is 5.75. The molecule has 1 fully saturated rings. The molecule has 0 radical (unpaired) electrons. The van der Waals surface area contributed by atoms with E-state index in [1.807, 2.05) is 25.2 Å². The second kappa shape index (κ2) is 3.45. The number of H-pyrrole nitrogens is 2. The number of nitrogens with two attached hydrogens (primary N) is 1. The molecule has 90 valence electrons. The van der Waals surface area contributed by atoms with Gasteiger partial charge in [0.15, 0.2) is 0 Å². The molecule has 1 heterocycles. The second-order valence-electron chi connectivity index (χ2n) is 4.84. The Hall–Kier alpha value is -1.59. The molecule has 1 atom stereocenters. The van der Waals surface area contributed by atoms with E-state index in [4.69, 9.17) is 5.73 Å². The highest BCUT2D eigenvalue weighted by Crippen LogP contribution is 2.43. The van der Waals surface area contributed by atoms with Gasteiger partial charge in [-0.1, -0.05) is 6.07 Å². The van der Waals surface area contributed by atoms with Crippen LogP contribution in [-0.2, 0) is 0 Å². The summed E-state index contributed by atoms with van der Waals surface area (Å²) in [6, 6.07) is 6.06. The Bertz CT molecular complexity index is 608. The first kappa shape index (κ1) is 10.6. The first-order valence-corrected chi connectivity index (χ1v) is 5.80. The molecule has 1 aliphatic carbocycles. The molecule has 0 bridgehead atoms. The Balaban J connectivity index is 2.07. The molecular formula is C12H16N4O. The monoisotopic (exact) mass is 232 g/mol. The summed E-state index contributed by atoms with van der Waals surface area (Å²) in [6.45, 7) is 0. The zero-order valence-electron chi connectivity index (χ0n) is 9.71. The van der Waals surface area contributed by atoms with Crippen LogP contribution in [0.25, 0.3) is 11.0 Å². The van der Waals surface area contributed by atoms with Gasteiger partial charge < -0.3 is 21.0 Å². The Labute approximate surface area is 98.4 Å². The first-order valence-electron chi connectivity index (χ1n) is 5.80. The van der Waals surface area contributed by atoms with E-state index in [-0.39, 0.29) is 17.3 Å². The summed E-state index contributed by atoms with van der Waals surface area (Å²) >= 11 is 0. The summed E-state index contributed by atoms with van der Waals surface area (Å²) < 4.78 is 0. The summed E-state index contributed by atoms with van der Waals surface area (Å²) in [5, 5.41) is 3.27. The Morgan fingerprint density at radius 3 is 2.71 bits per heavy atom. The number of imidazole rings is 1. The molecule has 5 N–H and O–H groups in total. The van der Waals surface area contributed by atoms with Crippen molar-refractivity contribution < 1.29 is 0 Å². The van der Waals surface area contributed by atoms with Crippen molar-refractivity contribution in [1.29, 1.82) is 0 Å². The molecule has 3 rings (SSSR count). The minimum atomic E-state index is -0.174. The Kier molecular flexibility index (Phi) is 2.14. The van der Waals surface area contributed by atoms with Crippen LogP contribution in [0.1, 0.15) is 24.4 Å². The van der Waals surface area contributed by atoms with Gasteiger partial charge in [0, 0.05) is 5.54 Å². The van der Waals surface area contributed by atoms with E-state index >= 15 is 0 Å². The average Bonchev–Trinajstić information content (AvgIpc) is 2.90. The predicted molar refractivity (Wildman–Crippen MR) is 66.9 cm³/mol. The molecule has 1 saturated carbocycles. The van der Waals surface area contributed by atoms with E-state index in [0.717, 1.165) is 29.4 Å². The van der Waals surface area contributed by atoms with Crippen LogP contribution in [0.5, 0.6) is 0 Å².